The number of pyridine rings is 1. The Morgan fingerprint density at radius 2 is 1.97 bits per heavy atom. The van der Waals surface area contributed by atoms with Gasteiger partial charge in [-0.3, -0.25) is 0 Å². The second-order valence-corrected chi connectivity index (χ2v) is 9.62. The van der Waals surface area contributed by atoms with Crippen molar-refractivity contribution in [2.24, 2.45) is 5.92 Å². The summed E-state index contributed by atoms with van der Waals surface area (Å²) in [6, 6.07) is 5.04. The predicted octanol–water partition coefficient (Wildman–Crippen LogP) is 4.60. The molecular weight excluding hydrogens is 508 g/mol. The van der Waals surface area contributed by atoms with Crippen LogP contribution >= 0.6 is 0 Å². The van der Waals surface area contributed by atoms with Crippen molar-refractivity contribution in [2.75, 3.05) is 56.8 Å². The molecule has 8 nitrogen and oxygen atoms in total. The van der Waals surface area contributed by atoms with Crippen molar-refractivity contribution in [1.82, 2.24) is 9.88 Å². The van der Waals surface area contributed by atoms with Gasteiger partial charge in [0.25, 0.3) is 0 Å². The largest absolute Gasteiger partial charge is 0.475 e. The van der Waals surface area contributed by atoms with Crippen LogP contribution in [-0.2, 0) is 4.74 Å². The van der Waals surface area contributed by atoms with E-state index in [1.165, 1.54) is 24.1 Å². The molecule has 12 heteroatoms. The van der Waals surface area contributed by atoms with Crippen molar-refractivity contribution in [1.29, 1.82) is 0 Å². The summed E-state index contributed by atoms with van der Waals surface area (Å²) < 4.78 is 65.2. The molecule has 2 atom stereocenters. The first kappa shape index (κ1) is 27.9. The minimum absolute atomic E-state index is 0.0387. The molecule has 0 spiro atoms. The number of rotatable bonds is 7. The average molecular weight is 541 g/mol. The smallest absolute Gasteiger partial charge is 0.391 e. The SMILES string of the molecule is Cc1cc(F)c(NC(=O)N(C)C2CCC(C(F)(F)F)C2)cc1-c1cc(OCCO)nc(N2CCOCC2)c1. The Morgan fingerprint density at radius 3 is 2.63 bits per heavy atom. The highest BCUT2D eigenvalue weighted by molar-refractivity contribution is 5.91. The van der Waals surface area contributed by atoms with E-state index in [2.05, 4.69) is 10.3 Å². The van der Waals surface area contributed by atoms with E-state index in [0.29, 0.717) is 48.8 Å². The van der Waals surface area contributed by atoms with E-state index in [0.717, 1.165) is 0 Å². The lowest BCUT2D eigenvalue weighted by molar-refractivity contribution is -0.173. The zero-order valence-corrected chi connectivity index (χ0v) is 21.4. The van der Waals surface area contributed by atoms with Crippen molar-refractivity contribution in [3.8, 4) is 17.0 Å². The van der Waals surface area contributed by atoms with Gasteiger partial charge in [-0.1, -0.05) is 0 Å². The van der Waals surface area contributed by atoms with Crippen molar-refractivity contribution >= 4 is 17.5 Å². The number of morpholine rings is 1. The summed E-state index contributed by atoms with van der Waals surface area (Å²) in [6.45, 7) is 3.93. The van der Waals surface area contributed by atoms with Crippen LogP contribution < -0.4 is 15.0 Å². The maximum Gasteiger partial charge on any atom is 0.391 e. The zero-order chi connectivity index (χ0) is 27.4. The van der Waals surface area contributed by atoms with Crippen LogP contribution in [-0.4, -0.2) is 79.8 Å². The summed E-state index contributed by atoms with van der Waals surface area (Å²) >= 11 is 0. The summed E-state index contributed by atoms with van der Waals surface area (Å²) in [5.41, 5.74) is 1.80. The first-order chi connectivity index (χ1) is 18.1. The number of urea groups is 1. The van der Waals surface area contributed by atoms with Crippen LogP contribution in [0.3, 0.4) is 0 Å². The zero-order valence-electron chi connectivity index (χ0n) is 21.4. The molecule has 38 heavy (non-hydrogen) atoms. The fourth-order valence-electron chi connectivity index (χ4n) is 4.88. The molecular formula is C26H32F4N4O4. The molecule has 1 saturated carbocycles. The monoisotopic (exact) mass is 540 g/mol. The summed E-state index contributed by atoms with van der Waals surface area (Å²) in [4.78, 5) is 20.7. The number of alkyl halides is 3. The van der Waals surface area contributed by atoms with Crippen molar-refractivity contribution in [3.05, 3.63) is 35.6 Å². The molecule has 2 aliphatic rings. The molecule has 2 fully saturated rings. The third-order valence-electron chi connectivity index (χ3n) is 7.07. The molecule has 208 valence electrons. The number of aromatic nitrogens is 1. The number of halogens is 4. The number of aliphatic hydroxyl groups excluding tert-OH is 1. The maximum atomic E-state index is 14.9. The van der Waals surface area contributed by atoms with Crippen LogP contribution in [0.15, 0.2) is 24.3 Å². The molecule has 0 radical (unpaired) electrons. The first-order valence-corrected chi connectivity index (χ1v) is 12.6. The Kier molecular flexibility index (Phi) is 8.61. The number of hydrogen-bond donors (Lipinski definition) is 2. The van der Waals surface area contributed by atoms with Gasteiger partial charge in [0, 0.05) is 32.2 Å². The van der Waals surface area contributed by atoms with Crippen LogP contribution in [0.2, 0.25) is 0 Å². The highest BCUT2D eigenvalue weighted by atomic mass is 19.4. The van der Waals surface area contributed by atoms with Gasteiger partial charge in [-0.25, -0.2) is 9.18 Å². The molecule has 0 bridgehead atoms. The normalized spacial score (nSPS) is 19.9. The Hall–Kier alpha value is -3.12. The molecule has 2 heterocycles. The molecule has 4 rings (SSSR count). The molecule has 1 aromatic carbocycles. The standard InChI is InChI=1S/C26H32F4N4O4/c1-16-11-21(27)22(31-25(36)33(2)19-4-3-18(14-19)26(28,29)30)15-20(16)17-12-23(34-5-8-37-9-6-34)32-24(13-17)38-10-7-35/h11-13,15,18-19,35H,3-10,14H2,1-2H3,(H,31,36). The number of benzene rings is 1. The molecule has 1 saturated heterocycles. The third kappa shape index (κ3) is 6.47. The minimum atomic E-state index is -4.30. The van der Waals surface area contributed by atoms with Gasteiger partial charge in [0.1, 0.15) is 18.2 Å². The van der Waals surface area contributed by atoms with Gasteiger partial charge in [-0.05, 0) is 61.1 Å². The lowest BCUT2D eigenvalue weighted by Gasteiger charge is -2.28. The van der Waals surface area contributed by atoms with Crippen LogP contribution in [0.5, 0.6) is 5.88 Å². The second-order valence-electron chi connectivity index (χ2n) is 9.62. The Morgan fingerprint density at radius 1 is 1.24 bits per heavy atom. The summed E-state index contributed by atoms with van der Waals surface area (Å²) in [7, 11) is 1.42. The van der Waals surface area contributed by atoms with Gasteiger partial charge >= 0.3 is 12.2 Å². The molecule has 2 N–H and O–H groups in total. The van der Waals surface area contributed by atoms with Crippen molar-refractivity contribution in [2.45, 2.75) is 38.4 Å². The van der Waals surface area contributed by atoms with Gasteiger partial charge < -0.3 is 29.7 Å². The quantitative estimate of drug-likeness (QED) is 0.500. The second kappa shape index (κ2) is 11.7. The summed E-state index contributed by atoms with van der Waals surface area (Å²) in [5.74, 6) is -1.19. The molecule has 1 aromatic heterocycles. The fourth-order valence-corrected chi connectivity index (χ4v) is 4.88. The highest BCUT2D eigenvalue weighted by Crippen LogP contribution is 2.40. The number of anilines is 2. The number of carbonyl (C=O) groups is 1. The van der Waals surface area contributed by atoms with Gasteiger partial charge in [0.05, 0.1) is 31.4 Å². The van der Waals surface area contributed by atoms with E-state index < -0.39 is 30.0 Å². The number of carbonyl (C=O) groups excluding carboxylic acids is 1. The van der Waals surface area contributed by atoms with Crippen LogP contribution in [0.4, 0.5) is 33.9 Å². The predicted molar refractivity (Wildman–Crippen MR) is 134 cm³/mol. The molecule has 1 aliphatic carbocycles. The van der Waals surface area contributed by atoms with Gasteiger partial charge in [0.15, 0.2) is 0 Å². The Balaban J connectivity index is 1.59. The van der Waals surface area contributed by atoms with Crippen LogP contribution in [0.1, 0.15) is 24.8 Å². The molecule has 2 aromatic rings. The maximum absolute atomic E-state index is 14.9. The topological polar surface area (TPSA) is 87.2 Å². The lowest BCUT2D eigenvalue weighted by Crippen LogP contribution is -2.39. The van der Waals surface area contributed by atoms with Gasteiger partial charge in [-0.15, -0.1) is 0 Å². The minimum Gasteiger partial charge on any atom is -0.475 e. The number of nitrogens with zero attached hydrogens (tertiary/aromatic N) is 3. The van der Waals surface area contributed by atoms with E-state index in [1.54, 1.807) is 13.0 Å². The molecule has 1 aliphatic heterocycles. The number of aliphatic hydroxyl groups is 1. The van der Waals surface area contributed by atoms with E-state index in [-0.39, 0.29) is 44.0 Å². The Bertz CT molecular complexity index is 1140. The highest BCUT2D eigenvalue weighted by Gasteiger charge is 2.45. The van der Waals surface area contributed by atoms with Gasteiger partial charge in [-0.2, -0.15) is 18.2 Å². The molecule has 2 amide bonds. The van der Waals surface area contributed by atoms with E-state index >= 15 is 0 Å². The number of ether oxygens (including phenoxy) is 2. The number of hydrogen-bond acceptors (Lipinski definition) is 6. The molecule has 2 unspecified atom stereocenters. The lowest BCUT2D eigenvalue weighted by atomic mass is 10.00. The summed E-state index contributed by atoms with van der Waals surface area (Å²) in [5, 5.41) is 11.7. The summed E-state index contributed by atoms with van der Waals surface area (Å²) in [6.07, 6.45) is -4.28. The van der Waals surface area contributed by atoms with Crippen molar-refractivity contribution < 1.29 is 36.9 Å². The fraction of sp³-hybridized carbons (Fsp3) is 0.538. The van der Waals surface area contributed by atoms with Gasteiger partial charge in [0.2, 0.25) is 5.88 Å². The van der Waals surface area contributed by atoms with E-state index in [1.807, 2.05) is 11.0 Å². The van der Waals surface area contributed by atoms with Crippen molar-refractivity contribution in [3.63, 3.8) is 0 Å². The number of aryl methyl sites for hydroxylation is 1. The third-order valence-corrected chi connectivity index (χ3v) is 7.07. The van der Waals surface area contributed by atoms with Crippen LogP contribution in [0, 0.1) is 18.7 Å². The first-order valence-electron chi connectivity index (χ1n) is 12.6. The number of nitrogens with one attached hydrogen (secondary N) is 1. The number of amides is 2. The van der Waals surface area contributed by atoms with Crippen LogP contribution in [0.25, 0.3) is 11.1 Å². The average Bonchev–Trinajstić information content (AvgIpc) is 3.40. The Labute approximate surface area is 218 Å². The van der Waals surface area contributed by atoms with E-state index in [9.17, 15) is 27.5 Å². The van der Waals surface area contributed by atoms with E-state index in [4.69, 9.17) is 9.47 Å².